The van der Waals surface area contributed by atoms with Crippen LogP contribution in [0.1, 0.15) is 5.89 Å². The summed E-state index contributed by atoms with van der Waals surface area (Å²) in [5.74, 6) is 1.59. The molecule has 0 aliphatic rings. The zero-order valence-corrected chi connectivity index (χ0v) is 13.6. The van der Waals surface area contributed by atoms with Crippen LogP contribution in [0.5, 0.6) is 5.75 Å². The largest absolute Gasteiger partial charge is 0.484 e. The number of hydrogen-bond acceptors (Lipinski definition) is 5. The highest BCUT2D eigenvalue weighted by atomic mass is 35.5. The van der Waals surface area contributed by atoms with Crippen LogP contribution in [-0.2, 0) is 6.61 Å². The third-order valence-corrected chi connectivity index (χ3v) is 3.47. The minimum Gasteiger partial charge on any atom is -0.484 e. The first-order chi connectivity index (χ1) is 11.1. The molecular formula is C17H16ClN3O2. The van der Waals surface area contributed by atoms with E-state index < -0.39 is 0 Å². The summed E-state index contributed by atoms with van der Waals surface area (Å²) in [5, 5.41) is 8.65. The summed E-state index contributed by atoms with van der Waals surface area (Å²) in [7, 11) is 3.96. The molecule has 2 aromatic carbocycles. The molecule has 0 bridgehead atoms. The number of halogens is 1. The van der Waals surface area contributed by atoms with Gasteiger partial charge in [0.1, 0.15) is 5.75 Å². The minimum atomic E-state index is 0.213. The van der Waals surface area contributed by atoms with Crippen molar-refractivity contribution < 1.29 is 9.15 Å². The Morgan fingerprint density at radius 3 is 2.70 bits per heavy atom. The van der Waals surface area contributed by atoms with E-state index in [1.807, 2.05) is 55.4 Å². The van der Waals surface area contributed by atoms with Crippen molar-refractivity contribution >= 4 is 17.3 Å². The molecule has 0 radical (unpaired) electrons. The van der Waals surface area contributed by atoms with Crippen molar-refractivity contribution in [3.05, 3.63) is 59.4 Å². The second-order valence-electron chi connectivity index (χ2n) is 5.19. The zero-order chi connectivity index (χ0) is 16.2. The lowest BCUT2D eigenvalue weighted by Crippen LogP contribution is -2.08. The van der Waals surface area contributed by atoms with E-state index in [1.54, 1.807) is 12.1 Å². The van der Waals surface area contributed by atoms with Gasteiger partial charge in [-0.25, -0.2) is 0 Å². The van der Waals surface area contributed by atoms with Crippen LogP contribution in [-0.4, -0.2) is 24.3 Å². The molecule has 0 fully saturated rings. The lowest BCUT2D eigenvalue weighted by atomic mass is 10.2. The summed E-state index contributed by atoms with van der Waals surface area (Å²) in [6, 6.07) is 15.1. The highest BCUT2D eigenvalue weighted by Crippen LogP contribution is 2.23. The molecule has 1 heterocycles. The van der Waals surface area contributed by atoms with Crippen molar-refractivity contribution in [2.24, 2.45) is 0 Å². The quantitative estimate of drug-likeness (QED) is 0.707. The van der Waals surface area contributed by atoms with Gasteiger partial charge in [0, 0.05) is 36.4 Å². The highest BCUT2D eigenvalue weighted by molar-refractivity contribution is 6.30. The van der Waals surface area contributed by atoms with Gasteiger partial charge in [-0.3, -0.25) is 0 Å². The second kappa shape index (κ2) is 6.71. The van der Waals surface area contributed by atoms with Gasteiger partial charge in [0.15, 0.2) is 6.61 Å². The Kier molecular flexibility index (Phi) is 4.48. The van der Waals surface area contributed by atoms with E-state index in [-0.39, 0.29) is 6.61 Å². The van der Waals surface area contributed by atoms with Crippen LogP contribution in [0.3, 0.4) is 0 Å². The first-order valence-corrected chi connectivity index (χ1v) is 7.48. The maximum Gasteiger partial charge on any atom is 0.254 e. The Hall–Kier alpha value is -2.53. The topological polar surface area (TPSA) is 51.4 Å². The average molecular weight is 330 g/mol. The number of hydrogen-bond donors (Lipinski definition) is 0. The average Bonchev–Trinajstić information content (AvgIpc) is 3.02. The van der Waals surface area contributed by atoms with E-state index in [2.05, 4.69) is 10.2 Å². The molecule has 5 nitrogen and oxygen atoms in total. The maximum atomic E-state index is 5.96. The first-order valence-electron chi connectivity index (χ1n) is 7.10. The van der Waals surface area contributed by atoms with Gasteiger partial charge in [0.25, 0.3) is 5.89 Å². The molecule has 0 N–H and O–H groups in total. The van der Waals surface area contributed by atoms with Gasteiger partial charge in [-0.2, -0.15) is 0 Å². The Balaban J connectivity index is 1.69. The van der Waals surface area contributed by atoms with Crippen molar-refractivity contribution in [3.8, 4) is 17.2 Å². The van der Waals surface area contributed by atoms with E-state index in [9.17, 15) is 0 Å². The molecule has 0 saturated carbocycles. The van der Waals surface area contributed by atoms with Gasteiger partial charge >= 0.3 is 0 Å². The van der Waals surface area contributed by atoms with Crippen molar-refractivity contribution in [1.82, 2.24) is 10.2 Å². The SMILES string of the molecule is CN(C)c1cccc(OCc2nnc(-c3cccc(Cl)c3)o2)c1. The van der Waals surface area contributed by atoms with Crippen LogP contribution in [0.25, 0.3) is 11.5 Å². The predicted molar refractivity (Wildman–Crippen MR) is 89.8 cm³/mol. The Labute approximate surface area is 139 Å². The zero-order valence-electron chi connectivity index (χ0n) is 12.9. The van der Waals surface area contributed by atoms with E-state index in [0.29, 0.717) is 16.8 Å². The van der Waals surface area contributed by atoms with Gasteiger partial charge in [0.05, 0.1) is 0 Å². The molecule has 0 saturated heterocycles. The van der Waals surface area contributed by atoms with Gasteiger partial charge in [-0.1, -0.05) is 23.7 Å². The molecule has 0 atom stereocenters. The molecule has 1 aromatic heterocycles. The lowest BCUT2D eigenvalue weighted by Gasteiger charge is -2.13. The summed E-state index contributed by atoms with van der Waals surface area (Å²) in [4.78, 5) is 2.01. The monoisotopic (exact) mass is 329 g/mol. The van der Waals surface area contributed by atoms with Crippen molar-refractivity contribution in [2.45, 2.75) is 6.61 Å². The van der Waals surface area contributed by atoms with Gasteiger partial charge in [-0.05, 0) is 30.3 Å². The van der Waals surface area contributed by atoms with E-state index >= 15 is 0 Å². The number of anilines is 1. The normalized spacial score (nSPS) is 10.6. The molecule has 0 spiro atoms. The number of nitrogens with zero attached hydrogens (tertiary/aromatic N) is 3. The smallest absolute Gasteiger partial charge is 0.254 e. The van der Waals surface area contributed by atoms with E-state index in [4.69, 9.17) is 20.8 Å². The van der Waals surface area contributed by atoms with Crippen LogP contribution in [0.4, 0.5) is 5.69 Å². The third kappa shape index (κ3) is 3.81. The van der Waals surface area contributed by atoms with E-state index in [0.717, 1.165) is 17.0 Å². The molecule has 3 rings (SSSR count). The summed E-state index contributed by atoms with van der Waals surface area (Å²) in [6.45, 7) is 0.213. The fourth-order valence-electron chi connectivity index (χ4n) is 2.05. The van der Waals surface area contributed by atoms with Gasteiger partial charge in [-0.15, -0.1) is 10.2 Å². The first kappa shape index (κ1) is 15.4. The fourth-order valence-corrected chi connectivity index (χ4v) is 2.24. The van der Waals surface area contributed by atoms with Crippen molar-refractivity contribution in [2.75, 3.05) is 19.0 Å². The summed E-state index contributed by atoms with van der Waals surface area (Å²) < 4.78 is 11.3. The van der Waals surface area contributed by atoms with Gasteiger partial charge < -0.3 is 14.1 Å². The molecule has 23 heavy (non-hydrogen) atoms. The summed E-state index contributed by atoms with van der Waals surface area (Å²) in [6.07, 6.45) is 0. The number of rotatable bonds is 5. The molecule has 0 unspecified atom stereocenters. The molecule has 6 heteroatoms. The molecule has 3 aromatic rings. The molecule has 0 aliphatic heterocycles. The molecule has 118 valence electrons. The predicted octanol–water partition coefficient (Wildman–Crippen LogP) is 4.04. The fraction of sp³-hybridized carbons (Fsp3) is 0.176. The standard InChI is InChI=1S/C17H16ClN3O2/c1-21(2)14-7-4-8-15(10-14)22-11-16-19-20-17(23-16)12-5-3-6-13(18)9-12/h3-10H,11H2,1-2H3. The second-order valence-corrected chi connectivity index (χ2v) is 5.63. The van der Waals surface area contributed by atoms with Crippen molar-refractivity contribution in [1.29, 1.82) is 0 Å². The molecular weight excluding hydrogens is 314 g/mol. The minimum absolute atomic E-state index is 0.213. The maximum absolute atomic E-state index is 5.96. The Morgan fingerprint density at radius 2 is 1.91 bits per heavy atom. The summed E-state index contributed by atoms with van der Waals surface area (Å²) >= 11 is 5.96. The van der Waals surface area contributed by atoms with Crippen LogP contribution in [0.2, 0.25) is 5.02 Å². The van der Waals surface area contributed by atoms with E-state index in [1.165, 1.54) is 0 Å². The van der Waals surface area contributed by atoms with Crippen LogP contribution >= 0.6 is 11.6 Å². The Morgan fingerprint density at radius 1 is 1.09 bits per heavy atom. The molecule has 0 amide bonds. The van der Waals surface area contributed by atoms with Crippen molar-refractivity contribution in [3.63, 3.8) is 0 Å². The van der Waals surface area contributed by atoms with Crippen LogP contribution < -0.4 is 9.64 Å². The number of benzene rings is 2. The number of ether oxygens (including phenoxy) is 1. The molecule has 0 aliphatic carbocycles. The van der Waals surface area contributed by atoms with Crippen LogP contribution in [0, 0.1) is 0 Å². The van der Waals surface area contributed by atoms with Gasteiger partial charge in [0.2, 0.25) is 5.89 Å². The number of aromatic nitrogens is 2. The third-order valence-electron chi connectivity index (χ3n) is 3.23. The van der Waals surface area contributed by atoms with Crippen LogP contribution in [0.15, 0.2) is 52.9 Å². The Bertz CT molecular complexity index is 802. The highest BCUT2D eigenvalue weighted by Gasteiger charge is 2.09. The lowest BCUT2D eigenvalue weighted by molar-refractivity contribution is 0.264. The summed E-state index contributed by atoms with van der Waals surface area (Å²) in [5.41, 5.74) is 1.85.